The van der Waals surface area contributed by atoms with Crippen LogP contribution in [0.1, 0.15) is 6.42 Å². The summed E-state index contributed by atoms with van der Waals surface area (Å²) in [4.78, 5) is 22.1. The molecule has 7 nitrogen and oxygen atoms in total. The van der Waals surface area contributed by atoms with Gasteiger partial charge in [-0.05, 0) is 12.5 Å². The fraction of sp³-hybridized carbons (Fsp3) is 0.231. The molecule has 21 heavy (non-hydrogen) atoms. The number of nitrogens with zero attached hydrogens (tertiary/aromatic N) is 2. The second kappa shape index (κ2) is 8.55. The molecule has 0 aliphatic carbocycles. The third-order valence-electron chi connectivity index (χ3n) is 2.42. The summed E-state index contributed by atoms with van der Waals surface area (Å²) in [6, 6.07) is 7.44. The average Bonchev–Trinajstić information content (AvgIpc) is 2.47. The number of alkyl halides is 1. The maximum absolute atomic E-state index is 11.9. The summed E-state index contributed by atoms with van der Waals surface area (Å²) >= 11 is 5.50. The van der Waals surface area contributed by atoms with Crippen molar-refractivity contribution in [1.82, 2.24) is 5.32 Å². The van der Waals surface area contributed by atoms with Crippen LogP contribution in [-0.4, -0.2) is 23.3 Å². The Morgan fingerprint density at radius 2 is 2.19 bits per heavy atom. The zero-order valence-corrected chi connectivity index (χ0v) is 11.8. The van der Waals surface area contributed by atoms with Gasteiger partial charge < -0.3 is 10.6 Å². The number of anilines is 1. The van der Waals surface area contributed by atoms with E-state index in [0.717, 1.165) is 0 Å². The van der Waals surface area contributed by atoms with E-state index in [2.05, 4.69) is 10.6 Å². The van der Waals surface area contributed by atoms with Crippen LogP contribution in [-0.2, 0) is 4.79 Å². The van der Waals surface area contributed by atoms with Gasteiger partial charge in [-0.15, -0.1) is 11.6 Å². The summed E-state index contributed by atoms with van der Waals surface area (Å²) in [5.74, 6) is -0.254. The van der Waals surface area contributed by atoms with Gasteiger partial charge in [0.15, 0.2) is 0 Å². The molecule has 0 fully saturated rings. The van der Waals surface area contributed by atoms with Crippen LogP contribution < -0.4 is 10.6 Å². The van der Waals surface area contributed by atoms with Crippen molar-refractivity contribution in [2.45, 2.75) is 6.42 Å². The lowest BCUT2D eigenvalue weighted by molar-refractivity contribution is -0.383. The summed E-state index contributed by atoms with van der Waals surface area (Å²) in [7, 11) is 0. The Labute approximate surface area is 126 Å². The lowest BCUT2D eigenvalue weighted by atomic mass is 10.2. The zero-order chi connectivity index (χ0) is 15.7. The summed E-state index contributed by atoms with van der Waals surface area (Å²) in [5.41, 5.74) is -0.379. The minimum Gasteiger partial charge on any atom is -0.390 e. The Kier molecular flexibility index (Phi) is 6.71. The van der Waals surface area contributed by atoms with Gasteiger partial charge in [0, 0.05) is 24.7 Å². The molecule has 0 saturated carbocycles. The number of nitro groups is 1. The SMILES string of the molecule is N#C/C(=C/NCCCCl)C(=O)Nc1ccccc1[N+](=O)[O-]. The van der Waals surface area contributed by atoms with Gasteiger partial charge in [0.05, 0.1) is 4.92 Å². The third kappa shape index (κ3) is 5.12. The van der Waals surface area contributed by atoms with Gasteiger partial charge in [0.1, 0.15) is 17.3 Å². The molecule has 1 amide bonds. The van der Waals surface area contributed by atoms with E-state index in [9.17, 15) is 14.9 Å². The van der Waals surface area contributed by atoms with E-state index < -0.39 is 10.8 Å². The molecule has 110 valence electrons. The fourth-order valence-electron chi connectivity index (χ4n) is 1.42. The molecule has 0 aliphatic heterocycles. The number of carbonyl (C=O) groups excluding carboxylic acids is 1. The number of rotatable bonds is 7. The van der Waals surface area contributed by atoms with E-state index in [1.165, 1.54) is 24.4 Å². The van der Waals surface area contributed by atoms with Gasteiger partial charge >= 0.3 is 0 Å². The van der Waals surface area contributed by atoms with Crippen molar-refractivity contribution in [3.05, 3.63) is 46.2 Å². The van der Waals surface area contributed by atoms with E-state index in [1.54, 1.807) is 12.1 Å². The van der Waals surface area contributed by atoms with Crippen LogP contribution in [0.4, 0.5) is 11.4 Å². The molecule has 0 radical (unpaired) electrons. The smallest absolute Gasteiger partial charge is 0.292 e. The Bertz CT molecular complexity index is 595. The predicted octanol–water partition coefficient (Wildman–Crippen LogP) is 2.16. The first-order valence-corrected chi connectivity index (χ1v) is 6.58. The van der Waals surface area contributed by atoms with Crippen molar-refractivity contribution in [2.24, 2.45) is 0 Å². The van der Waals surface area contributed by atoms with E-state index >= 15 is 0 Å². The average molecular weight is 309 g/mol. The van der Waals surface area contributed by atoms with Crippen molar-refractivity contribution in [1.29, 1.82) is 5.26 Å². The fourth-order valence-corrected chi connectivity index (χ4v) is 1.55. The first-order chi connectivity index (χ1) is 10.1. The number of nitro benzene ring substituents is 1. The number of carbonyl (C=O) groups is 1. The normalized spacial score (nSPS) is 10.6. The molecular formula is C13H13ClN4O3. The number of benzene rings is 1. The molecule has 0 bridgehead atoms. The lowest BCUT2D eigenvalue weighted by Crippen LogP contribution is -2.18. The van der Waals surface area contributed by atoms with Gasteiger partial charge in [0.2, 0.25) is 0 Å². The molecule has 0 atom stereocenters. The van der Waals surface area contributed by atoms with Crippen molar-refractivity contribution in [3.8, 4) is 6.07 Å². The number of nitrogens with one attached hydrogen (secondary N) is 2. The molecule has 8 heteroatoms. The first-order valence-electron chi connectivity index (χ1n) is 6.04. The molecule has 0 unspecified atom stereocenters. The minimum atomic E-state index is -0.717. The summed E-state index contributed by atoms with van der Waals surface area (Å²) in [6.45, 7) is 0.521. The Morgan fingerprint density at radius 3 is 2.81 bits per heavy atom. The molecule has 1 aromatic rings. The van der Waals surface area contributed by atoms with Crippen molar-refractivity contribution < 1.29 is 9.72 Å². The van der Waals surface area contributed by atoms with Crippen LogP contribution in [0, 0.1) is 21.4 Å². The van der Waals surface area contributed by atoms with Gasteiger partial charge in [-0.3, -0.25) is 14.9 Å². The predicted molar refractivity (Wildman–Crippen MR) is 78.8 cm³/mol. The first kappa shape index (κ1) is 16.5. The second-order valence-corrected chi connectivity index (χ2v) is 4.27. The highest BCUT2D eigenvalue weighted by molar-refractivity contribution is 6.17. The maximum atomic E-state index is 11.9. The molecule has 0 aliphatic rings. The van der Waals surface area contributed by atoms with Gasteiger partial charge in [0.25, 0.3) is 11.6 Å². The van der Waals surface area contributed by atoms with Crippen molar-refractivity contribution >= 4 is 28.9 Å². The van der Waals surface area contributed by atoms with Crippen LogP contribution in [0.2, 0.25) is 0 Å². The minimum absolute atomic E-state index is 0.0365. The number of amides is 1. The highest BCUT2D eigenvalue weighted by atomic mass is 35.5. The van der Waals surface area contributed by atoms with Gasteiger partial charge in [-0.2, -0.15) is 5.26 Å². The molecule has 0 saturated heterocycles. The number of halogens is 1. The molecule has 0 aromatic heterocycles. The van der Waals surface area contributed by atoms with E-state index in [-0.39, 0.29) is 16.9 Å². The van der Waals surface area contributed by atoms with Gasteiger partial charge in [-0.1, -0.05) is 12.1 Å². The number of nitriles is 1. The largest absolute Gasteiger partial charge is 0.390 e. The van der Waals surface area contributed by atoms with Crippen LogP contribution >= 0.6 is 11.6 Å². The van der Waals surface area contributed by atoms with Crippen molar-refractivity contribution in [2.75, 3.05) is 17.7 Å². The highest BCUT2D eigenvalue weighted by Crippen LogP contribution is 2.23. The van der Waals surface area contributed by atoms with Crippen LogP contribution in [0.25, 0.3) is 0 Å². The topological polar surface area (TPSA) is 108 Å². The van der Waals surface area contributed by atoms with E-state index in [4.69, 9.17) is 16.9 Å². The zero-order valence-electron chi connectivity index (χ0n) is 11.0. The van der Waals surface area contributed by atoms with E-state index in [0.29, 0.717) is 18.8 Å². The Balaban J connectivity index is 2.80. The molecule has 0 spiro atoms. The molecular weight excluding hydrogens is 296 g/mol. The standard InChI is InChI=1S/C13H13ClN4O3/c14-6-3-7-16-9-10(8-15)13(19)17-11-4-1-2-5-12(11)18(20)21/h1-2,4-5,9,16H,3,6-7H2,(H,17,19)/b10-9-. The lowest BCUT2D eigenvalue weighted by Gasteiger charge is -2.05. The number of hydrogen-bond donors (Lipinski definition) is 2. The Hall–Kier alpha value is -2.59. The van der Waals surface area contributed by atoms with Crippen LogP contribution in [0.15, 0.2) is 36.0 Å². The molecule has 1 aromatic carbocycles. The van der Waals surface area contributed by atoms with Crippen molar-refractivity contribution in [3.63, 3.8) is 0 Å². The summed E-state index contributed by atoms with van der Waals surface area (Å²) in [6.07, 6.45) is 1.94. The Morgan fingerprint density at radius 1 is 1.48 bits per heavy atom. The number of para-hydroxylation sites is 2. The summed E-state index contributed by atoms with van der Waals surface area (Å²) < 4.78 is 0. The quantitative estimate of drug-likeness (QED) is 0.200. The number of hydrogen-bond acceptors (Lipinski definition) is 5. The molecule has 1 rings (SSSR count). The summed E-state index contributed by atoms with van der Waals surface area (Å²) in [5, 5.41) is 24.9. The maximum Gasteiger partial charge on any atom is 0.292 e. The molecule has 2 N–H and O–H groups in total. The van der Waals surface area contributed by atoms with Crippen LogP contribution in [0.3, 0.4) is 0 Å². The van der Waals surface area contributed by atoms with Gasteiger partial charge in [-0.25, -0.2) is 0 Å². The molecule has 0 heterocycles. The highest BCUT2D eigenvalue weighted by Gasteiger charge is 2.16. The second-order valence-electron chi connectivity index (χ2n) is 3.89. The monoisotopic (exact) mass is 308 g/mol. The van der Waals surface area contributed by atoms with Crippen LogP contribution in [0.5, 0.6) is 0 Å². The third-order valence-corrected chi connectivity index (χ3v) is 2.68. The van der Waals surface area contributed by atoms with E-state index in [1.807, 2.05) is 0 Å².